The molecule has 0 saturated heterocycles. The summed E-state index contributed by atoms with van der Waals surface area (Å²) >= 11 is 0. The molecule has 2 aromatic heterocycles. The molecule has 2 heterocycles. The number of hydrogen-bond donors (Lipinski definition) is 0. The average molecular weight is 743 g/mol. The Balaban J connectivity index is 0.000000170. The molecule has 0 fully saturated rings. The Morgan fingerprint density at radius 3 is 1.58 bits per heavy atom. The smallest absolute Gasteiger partial charge is 0.202 e. The first-order chi connectivity index (χ1) is 27.0. The molecule has 2 atom stereocenters. The second-order valence-electron chi connectivity index (χ2n) is 14.4. The predicted molar refractivity (Wildman–Crippen MR) is 210 cm³/mol. The number of benzene rings is 4. The van der Waals surface area contributed by atoms with Crippen LogP contribution in [0.5, 0.6) is 0 Å². The van der Waals surface area contributed by atoms with Gasteiger partial charge in [0.05, 0.1) is 22.8 Å². The van der Waals surface area contributed by atoms with Gasteiger partial charge < -0.3 is 9.47 Å². The molecule has 9 heteroatoms. The van der Waals surface area contributed by atoms with Crippen LogP contribution in [0.25, 0.3) is 11.4 Å². The number of rotatable bonds is 12. The molecule has 0 N–H and O–H groups in total. The standard InChI is InChI=1S/C24H27FN2O2.C22H21FN2O/c1-28-24(29-2)22-21-10-6-9-18(12-11-17-7-4-3-5-8-17)23(21)27(26-22)20-15-13-19(25)14-16-20;23-18-11-13-19(14-12-18)25-22-17(10-9-16-5-2-1-3-6-16)7-4-8-20(22)21(15-26)24-25/h3-5,7-8,13-16,18,24H,6,9-12H2,1-2H3;1-3,5-6,11-15,17H,4,7-10H2. The van der Waals surface area contributed by atoms with Gasteiger partial charge in [0, 0.05) is 37.2 Å². The zero-order valence-corrected chi connectivity index (χ0v) is 31.5. The molecule has 6 aromatic rings. The Bertz CT molecular complexity index is 2140. The number of hydrogen-bond acceptors (Lipinski definition) is 5. The van der Waals surface area contributed by atoms with Crippen LogP contribution in [-0.4, -0.2) is 40.1 Å². The van der Waals surface area contributed by atoms with Gasteiger partial charge >= 0.3 is 0 Å². The minimum atomic E-state index is -0.502. The van der Waals surface area contributed by atoms with Gasteiger partial charge in [-0.25, -0.2) is 18.1 Å². The number of methoxy groups -OCH3 is 2. The lowest BCUT2D eigenvalue weighted by molar-refractivity contribution is -0.109. The zero-order valence-electron chi connectivity index (χ0n) is 31.5. The second-order valence-corrected chi connectivity index (χ2v) is 14.4. The highest BCUT2D eigenvalue weighted by Crippen LogP contribution is 2.40. The maximum atomic E-state index is 13.5. The normalized spacial score (nSPS) is 16.2. The quantitative estimate of drug-likeness (QED) is 0.0922. The summed E-state index contributed by atoms with van der Waals surface area (Å²) in [6, 6.07) is 33.9. The molecule has 4 aromatic carbocycles. The van der Waals surface area contributed by atoms with Crippen molar-refractivity contribution in [3.05, 3.63) is 166 Å². The third-order valence-electron chi connectivity index (χ3n) is 11.0. The van der Waals surface area contributed by atoms with Gasteiger partial charge in [-0.15, -0.1) is 0 Å². The van der Waals surface area contributed by atoms with Crippen molar-refractivity contribution in [1.29, 1.82) is 0 Å². The van der Waals surface area contributed by atoms with E-state index in [1.807, 2.05) is 21.5 Å². The molecular formula is C46H48F2N4O3. The van der Waals surface area contributed by atoms with Crippen LogP contribution in [0.15, 0.2) is 109 Å². The molecule has 8 rings (SSSR count). The average Bonchev–Trinajstić information content (AvgIpc) is 3.81. The molecular weight excluding hydrogens is 695 g/mol. The lowest BCUT2D eigenvalue weighted by Gasteiger charge is -2.25. The Morgan fingerprint density at radius 1 is 0.655 bits per heavy atom. The third kappa shape index (κ3) is 8.69. The molecule has 2 aliphatic rings. The van der Waals surface area contributed by atoms with Crippen molar-refractivity contribution in [2.45, 2.75) is 82.3 Å². The number of fused-ring (bicyclic) bond motifs is 2. The number of ether oxygens (including phenoxy) is 2. The van der Waals surface area contributed by atoms with Crippen molar-refractivity contribution in [2.24, 2.45) is 0 Å². The van der Waals surface area contributed by atoms with Crippen LogP contribution in [0.3, 0.4) is 0 Å². The van der Waals surface area contributed by atoms with Crippen LogP contribution >= 0.6 is 0 Å². The Hall–Kier alpha value is -5.25. The molecule has 7 nitrogen and oxygen atoms in total. The van der Waals surface area contributed by atoms with E-state index in [9.17, 15) is 13.6 Å². The van der Waals surface area contributed by atoms with Crippen molar-refractivity contribution in [2.75, 3.05) is 14.2 Å². The highest BCUT2D eigenvalue weighted by atomic mass is 19.1. The number of aldehydes is 1. The minimum Gasteiger partial charge on any atom is -0.350 e. The maximum absolute atomic E-state index is 13.5. The van der Waals surface area contributed by atoms with Crippen molar-refractivity contribution in [3.63, 3.8) is 0 Å². The van der Waals surface area contributed by atoms with Crippen LogP contribution in [0.2, 0.25) is 0 Å². The van der Waals surface area contributed by atoms with E-state index in [1.54, 1.807) is 38.5 Å². The highest BCUT2D eigenvalue weighted by Gasteiger charge is 2.32. The summed E-state index contributed by atoms with van der Waals surface area (Å²) < 4.78 is 41.7. The summed E-state index contributed by atoms with van der Waals surface area (Å²) in [6.07, 6.45) is 10.7. The van der Waals surface area contributed by atoms with E-state index >= 15 is 0 Å². The van der Waals surface area contributed by atoms with Gasteiger partial charge in [-0.3, -0.25) is 4.79 Å². The van der Waals surface area contributed by atoms with Crippen molar-refractivity contribution < 1.29 is 23.0 Å². The van der Waals surface area contributed by atoms with Crippen LogP contribution < -0.4 is 0 Å². The number of nitrogens with zero attached hydrogens (tertiary/aromatic N) is 4. The molecule has 0 spiro atoms. The monoisotopic (exact) mass is 742 g/mol. The van der Waals surface area contributed by atoms with Gasteiger partial charge in [0.2, 0.25) is 6.29 Å². The lowest BCUT2D eigenvalue weighted by atomic mass is 9.83. The van der Waals surface area contributed by atoms with Crippen molar-refractivity contribution >= 4 is 6.29 Å². The first-order valence-corrected chi connectivity index (χ1v) is 19.3. The van der Waals surface area contributed by atoms with E-state index in [1.165, 1.54) is 46.6 Å². The van der Waals surface area contributed by atoms with E-state index < -0.39 is 6.29 Å². The molecule has 2 aliphatic carbocycles. The Labute approximate surface area is 321 Å². The fraction of sp³-hybridized carbons (Fsp3) is 0.326. The Morgan fingerprint density at radius 2 is 1.11 bits per heavy atom. The van der Waals surface area contributed by atoms with Gasteiger partial charge in [-0.1, -0.05) is 60.7 Å². The van der Waals surface area contributed by atoms with E-state index in [4.69, 9.17) is 14.6 Å². The van der Waals surface area contributed by atoms with E-state index in [2.05, 4.69) is 53.6 Å². The van der Waals surface area contributed by atoms with Crippen molar-refractivity contribution in [1.82, 2.24) is 19.6 Å². The summed E-state index contributed by atoms with van der Waals surface area (Å²) in [6.45, 7) is 0. The summed E-state index contributed by atoms with van der Waals surface area (Å²) in [4.78, 5) is 11.5. The molecule has 55 heavy (non-hydrogen) atoms. The summed E-state index contributed by atoms with van der Waals surface area (Å²) in [7, 11) is 3.26. The number of carbonyl (C=O) groups is 1. The molecule has 0 bridgehead atoms. The minimum absolute atomic E-state index is 0.248. The van der Waals surface area contributed by atoms with Gasteiger partial charge in [-0.2, -0.15) is 10.2 Å². The fourth-order valence-corrected chi connectivity index (χ4v) is 8.33. The van der Waals surface area contributed by atoms with E-state index in [0.29, 0.717) is 17.5 Å². The van der Waals surface area contributed by atoms with Crippen LogP contribution in [0, 0.1) is 11.6 Å². The summed E-state index contributed by atoms with van der Waals surface area (Å²) in [5, 5.41) is 9.42. The molecule has 0 radical (unpaired) electrons. The zero-order chi connectivity index (χ0) is 38.1. The van der Waals surface area contributed by atoms with Crippen LogP contribution in [-0.2, 0) is 35.2 Å². The molecule has 0 saturated carbocycles. The van der Waals surface area contributed by atoms with E-state index in [0.717, 1.165) is 98.8 Å². The van der Waals surface area contributed by atoms with Gasteiger partial charge in [-0.05, 0) is 124 Å². The molecule has 0 aliphatic heterocycles. The van der Waals surface area contributed by atoms with Crippen LogP contribution in [0.4, 0.5) is 8.78 Å². The van der Waals surface area contributed by atoms with Gasteiger partial charge in [0.1, 0.15) is 23.0 Å². The lowest BCUT2D eigenvalue weighted by Crippen LogP contribution is -2.15. The number of halogens is 2. The SMILES string of the molecule is COC(OC)c1nn(-c2ccc(F)cc2)c2c1CCCC2CCc1ccccc1.O=Cc1nn(-c2ccc(F)cc2)c2c1CCCC2CCc1ccccc1. The first kappa shape index (κ1) is 38.0. The second kappa shape index (κ2) is 17.9. The molecule has 284 valence electrons. The number of aryl methyl sites for hydroxylation is 2. The fourth-order valence-electron chi connectivity index (χ4n) is 8.33. The number of aromatic nitrogens is 4. The Kier molecular flexibility index (Phi) is 12.4. The third-order valence-corrected chi connectivity index (χ3v) is 11.0. The topological polar surface area (TPSA) is 71.2 Å². The maximum Gasteiger partial charge on any atom is 0.202 e. The molecule has 2 unspecified atom stereocenters. The predicted octanol–water partition coefficient (Wildman–Crippen LogP) is 10.2. The van der Waals surface area contributed by atoms with Crippen LogP contribution in [0.1, 0.15) is 106 Å². The summed E-state index contributed by atoms with van der Waals surface area (Å²) in [5.74, 6) is 0.220. The van der Waals surface area contributed by atoms with Crippen molar-refractivity contribution in [3.8, 4) is 11.4 Å². The summed E-state index contributed by atoms with van der Waals surface area (Å²) in [5.41, 5.74) is 10.3. The molecule has 0 amide bonds. The van der Waals surface area contributed by atoms with Gasteiger partial charge in [0.15, 0.2) is 6.29 Å². The number of carbonyl (C=O) groups excluding carboxylic acids is 1. The van der Waals surface area contributed by atoms with Gasteiger partial charge in [0.25, 0.3) is 0 Å². The largest absolute Gasteiger partial charge is 0.350 e. The highest BCUT2D eigenvalue weighted by molar-refractivity contribution is 5.75. The first-order valence-electron chi connectivity index (χ1n) is 19.3. The van der Waals surface area contributed by atoms with E-state index in [-0.39, 0.29) is 11.6 Å².